The van der Waals surface area contributed by atoms with Crippen LogP contribution < -0.4 is 19.6 Å². The SMILES string of the molecule is COc1cc(C(=O)O)c2c(c1C)OC(=O)c1c(C)cc(O)c(/C=N/NCc3ccncc3)c1O2. The number of phenols is 1. The van der Waals surface area contributed by atoms with Crippen LogP contribution in [0.5, 0.6) is 28.7 Å². The number of pyridine rings is 1. The van der Waals surface area contributed by atoms with E-state index in [2.05, 4.69) is 15.5 Å². The van der Waals surface area contributed by atoms with Crippen LogP contribution in [-0.2, 0) is 6.54 Å². The molecule has 3 aromatic rings. The number of carbonyl (C=O) groups is 2. The van der Waals surface area contributed by atoms with Gasteiger partial charge in [-0.05, 0) is 49.2 Å². The van der Waals surface area contributed by atoms with Crippen molar-refractivity contribution in [3.05, 3.63) is 70.0 Å². The number of rotatable bonds is 6. The maximum atomic E-state index is 13.1. The lowest BCUT2D eigenvalue weighted by atomic mass is 10.0. The Hall–Kier alpha value is -4.60. The Morgan fingerprint density at radius 3 is 2.59 bits per heavy atom. The first-order valence-electron chi connectivity index (χ1n) is 10.2. The highest BCUT2D eigenvalue weighted by Gasteiger charge is 2.33. The third-order valence-corrected chi connectivity index (χ3v) is 5.30. The van der Waals surface area contributed by atoms with Gasteiger partial charge in [0.15, 0.2) is 17.2 Å². The lowest BCUT2D eigenvalue weighted by molar-refractivity contribution is 0.0685. The summed E-state index contributed by atoms with van der Waals surface area (Å²) in [6.45, 7) is 3.61. The molecule has 0 spiro atoms. The molecule has 0 fully saturated rings. The number of hydrazone groups is 1. The van der Waals surface area contributed by atoms with Gasteiger partial charge in [0.2, 0.25) is 0 Å². The molecule has 0 unspecified atom stereocenters. The molecule has 0 radical (unpaired) electrons. The molecule has 10 heteroatoms. The first kappa shape index (κ1) is 22.6. The number of phenolic OH excluding ortho intramolecular Hbond substituents is 1. The number of hydrogen-bond donors (Lipinski definition) is 3. The topological polar surface area (TPSA) is 140 Å². The molecule has 34 heavy (non-hydrogen) atoms. The molecule has 1 aromatic heterocycles. The minimum Gasteiger partial charge on any atom is -0.507 e. The second kappa shape index (κ2) is 9.10. The summed E-state index contributed by atoms with van der Waals surface area (Å²) < 4.78 is 16.8. The third kappa shape index (κ3) is 4.08. The van der Waals surface area contributed by atoms with Crippen LogP contribution in [0.3, 0.4) is 0 Å². The van der Waals surface area contributed by atoms with Gasteiger partial charge in [0.25, 0.3) is 0 Å². The van der Waals surface area contributed by atoms with Crippen molar-refractivity contribution in [1.29, 1.82) is 0 Å². The molecule has 10 nitrogen and oxygen atoms in total. The van der Waals surface area contributed by atoms with E-state index in [1.807, 2.05) is 12.1 Å². The molecule has 1 aliphatic heterocycles. The fourth-order valence-corrected chi connectivity index (χ4v) is 3.57. The average Bonchev–Trinajstić information content (AvgIpc) is 2.96. The number of nitrogens with zero attached hydrogens (tertiary/aromatic N) is 2. The van der Waals surface area contributed by atoms with E-state index in [4.69, 9.17) is 14.2 Å². The van der Waals surface area contributed by atoms with E-state index < -0.39 is 11.9 Å². The van der Waals surface area contributed by atoms with Crippen molar-refractivity contribution in [3.63, 3.8) is 0 Å². The molecule has 0 atom stereocenters. The largest absolute Gasteiger partial charge is 0.507 e. The van der Waals surface area contributed by atoms with E-state index in [9.17, 15) is 19.8 Å². The summed E-state index contributed by atoms with van der Waals surface area (Å²) in [5.74, 6) is -2.37. The first-order valence-corrected chi connectivity index (χ1v) is 10.2. The monoisotopic (exact) mass is 463 g/mol. The second-order valence-electron chi connectivity index (χ2n) is 7.49. The summed E-state index contributed by atoms with van der Waals surface area (Å²) in [6.07, 6.45) is 4.60. The van der Waals surface area contributed by atoms with Crippen molar-refractivity contribution >= 4 is 18.2 Å². The van der Waals surface area contributed by atoms with Gasteiger partial charge in [0, 0.05) is 18.0 Å². The van der Waals surface area contributed by atoms with E-state index >= 15 is 0 Å². The molecule has 3 N–H and O–H groups in total. The molecular formula is C24H21N3O7. The van der Waals surface area contributed by atoms with Crippen LogP contribution in [0, 0.1) is 13.8 Å². The molecule has 1 aliphatic rings. The van der Waals surface area contributed by atoms with E-state index in [1.165, 1.54) is 25.5 Å². The molecule has 0 bridgehead atoms. The molecule has 174 valence electrons. The summed E-state index contributed by atoms with van der Waals surface area (Å²) in [5.41, 5.74) is 4.41. The number of methoxy groups -OCH3 is 1. The zero-order valence-corrected chi connectivity index (χ0v) is 18.6. The molecular weight excluding hydrogens is 442 g/mol. The van der Waals surface area contributed by atoms with E-state index in [0.717, 1.165) is 5.56 Å². The highest BCUT2D eigenvalue weighted by atomic mass is 16.6. The van der Waals surface area contributed by atoms with Gasteiger partial charge in [-0.15, -0.1) is 0 Å². The lowest BCUT2D eigenvalue weighted by Gasteiger charge is -2.16. The second-order valence-corrected chi connectivity index (χ2v) is 7.49. The predicted octanol–water partition coefficient (Wildman–Crippen LogP) is 3.56. The fourth-order valence-electron chi connectivity index (χ4n) is 3.57. The standard InChI is InChI=1S/C24H21N3O7/c1-12-8-17(28)16(11-27-26-10-14-4-6-25-7-5-14)21-19(12)24(31)34-20-13(2)18(32-3)9-15(23(29)30)22(20)33-21/h4-9,11,26,28H,10H2,1-3H3,(H,29,30)/b27-11+. The van der Waals surface area contributed by atoms with Crippen molar-refractivity contribution in [2.45, 2.75) is 20.4 Å². The summed E-state index contributed by atoms with van der Waals surface area (Å²) >= 11 is 0. The first-order chi connectivity index (χ1) is 16.3. The van der Waals surface area contributed by atoms with Crippen LogP contribution in [0.1, 0.15) is 43.0 Å². The number of aromatic nitrogens is 1. The molecule has 4 rings (SSSR count). The van der Waals surface area contributed by atoms with Crippen LogP contribution in [0.25, 0.3) is 0 Å². The van der Waals surface area contributed by atoms with Crippen LogP contribution in [-0.4, -0.2) is 40.5 Å². The predicted molar refractivity (Wildman–Crippen MR) is 121 cm³/mol. The Labute approximate surface area is 194 Å². The van der Waals surface area contributed by atoms with Crippen LogP contribution in [0.15, 0.2) is 41.8 Å². The van der Waals surface area contributed by atoms with Crippen molar-refractivity contribution in [3.8, 4) is 28.7 Å². The van der Waals surface area contributed by atoms with Crippen LogP contribution >= 0.6 is 0 Å². The van der Waals surface area contributed by atoms with Gasteiger partial charge in [0.05, 0.1) is 25.4 Å². The van der Waals surface area contributed by atoms with Gasteiger partial charge < -0.3 is 29.8 Å². The number of benzene rings is 2. The van der Waals surface area contributed by atoms with Gasteiger partial charge in [-0.25, -0.2) is 9.59 Å². The highest BCUT2D eigenvalue weighted by Crippen LogP contribution is 2.48. The van der Waals surface area contributed by atoms with Crippen molar-refractivity contribution in [2.75, 3.05) is 7.11 Å². The van der Waals surface area contributed by atoms with E-state index in [1.54, 1.807) is 26.2 Å². The third-order valence-electron chi connectivity index (χ3n) is 5.30. The maximum Gasteiger partial charge on any atom is 0.347 e. The molecule has 0 saturated heterocycles. The maximum absolute atomic E-state index is 13.1. The van der Waals surface area contributed by atoms with E-state index in [0.29, 0.717) is 17.7 Å². The Morgan fingerprint density at radius 1 is 1.18 bits per heavy atom. The van der Waals surface area contributed by atoms with E-state index in [-0.39, 0.29) is 45.4 Å². The molecule has 0 amide bonds. The number of ether oxygens (including phenoxy) is 3. The van der Waals surface area contributed by atoms with Gasteiger partial charge >= 0.3 is 11.9 Å². The van der Waals surface area contributed by atoms with Crippen LogP contribution in [0.4, 0.5) is 0 Å². The molecule has 2 aromatic carbocycles. The van der Waals surface area contributed by atoms with Gasteiger partial charge in [-0.3, -0.25) is 4.98 Å². The number of carbonyl (C=O) groups excluding carboxylic acids is 1. The van der Waals surface area contributed by atoms with Gasteiger partial charge in [0.1, 0.15) is 22.6 Å². The Kier molecular flexibility index (Phi) is 6.05. The number of carboxylic acid groups (broad SMARTS) is 1. The molecule has 0 saturated carbocycles. The zero-order chi connectivity index (χ0) is 24.4. The minimum atomic E-state index is -1.31. The Balaban J connectivity index is 1.81. The Morgan fingerprint density at radius 2 is 1.91 bits per heavy atom. The van der Waals surface area contributed by atoms with Crippen LogP contribution in [0.2, 0.25) is 0 Å². The summed E-state index contributed by atoms with van der Waals surface area (Å²) in [6, 6.07) is 6.31. The summed E-state index contributed by atoms with van der Waals surface area (Å²) in [4.78, 5) is 29.0. The summed E-state index contributed by atoms with van der Waals surface area (Å²) in [5, 5.41) is 24.5. The average molecular weight is 463 g/mol. The number of aromatic hydroxyl groups is 1. The number of aryl methyl sites for hydroxylation is 1. The number of carboxylic acids is 1. The number of esters is 1. The quantitative estimate of drug-likeness (QED) is 0.217. The number of aromatic carboxylic acids is 1. The number of hydrogen-bond acceptors (Lipinski definition) is 9. The molecule has 0 aliphatic carbocycles. The summed E-state index contributed by atoms with van der Waals surface area (Å²) in [7, 11) is 1.38. The van der Waals surface area contributed by atoms with Gasteiger partial charge in [-0.2, -0.15) is 5.10 Å². The normalized spacial score (nSPS) is 12.3. The van der Waals surface area contributed by atoms with Crippen molar-refractivity contribution in [1.82, 2.24) is 10.4 Å². The molecule has 2 heterocycles. The van der Waals surface area contributed by atoms with Crippen molar-refractivity contribution in [2.24, 2.45) is 5.10 Å². The smallest absolute Gasteiger partial charge is 0.347 e. The minimum absolute atomic E-state index is 0.0410. The fraction of sp³-hybridized carbons (Fsp3) is 0.167. The highest BCUT2D eigenvalue weighted by molar-refractivity contribution is 6.03. The number of nitrogens with one attached hydrogen (secondary N) is 1. The Bertz CT molecular complexity index is 1320. The number of fused-ring (bicyclic) bond motifs is 2. The zero-order valence-electron chi connectivity index (χ0n) is 18.6. The van der Waals surface area contributed by atoms with Crippen molar-refractivity contribution < 1.29 is 34.0 Å². The lowest BCUT2D eigenvalue weighted by Crippen LogP contribution is -2.11. The van der Waals surface area contributed by atoms with Gasteiger partial charge in [-0.1, -0.05) is 0 Å².